The van der Waals surface area contributed by atoms with Crippen LogP contribution in [0.1, 0.15) is 87.0 Å². The summed E-state index contributed by atoms with van der Waals surface area (Å²) in [7, 11) is 2.10. The summed E-state index contributed by atoms with van der Waals surface area (Å²) in [6.45, 7) is 7.64. The number of ketones is 1. The fourth-order valence-electron chi connectivity index (χ4n) is 4.96. The highest BCUT2D eigenvalue weighted by atomic mass is 32.1. The highest BCUT2D eigenvalue weighted by Gasteiger charge is 2.34. The number of allylic oxidation sites excluding steroid dienone is 1. The lowest BCUT2D eigenvalue weighted by Gasteiger charge is -2.24. The number of Topliss-reactive ketones (excluding diaryl/α,β-unsaturated/α-hetero) is 1. The molecular formula is C27H38N6O2S. The Balaban J connectivity index is 0.00000176. The fourth-order valence-corrected chi connectivity index (χ4v) is 6.09. The lowest BCUT2D eigenvalue weighted by Crippen LogP contribution is -2.30. The van der Waals surface area contributed by atoms with Crippen LogP contribution in [0.2, 0.25) is 0 Å². The van der Waals surface area contributed by atoms with E-state index >= 15 is 0 Å². The van der Waals surface area contributed by atoms with E-state index in [9.17, 15) is 10.1 Å². The van der Waals surface area contributed by atoms with Crippen LogP contribution in [0.15, 0.2) is 17.8 Å². The van der Waals surface area contributed by atoms with Crippen LogP contribution in [-0.2, 0) is 11.2 Å². The molecule has 0 aromatic carbocycles. The number of carbonyl (C=O) groups is 1. The summed E-state index contributed by atoms with van der Waals surface area (Å²) in [4.78, 5) is 26.0. The van der Waals surface area contributed by atoms with E-state index in [0.29, 0.717) is 53.3 Å². The Kier molecular flexibility index (Phi) is 9.85. The summed E-state index contributed by atoms with van der Waals surface area (Å²) in [5.74, 6) is 0.283. The number of carbonyl (C=O) groups excluding carboxylic acids is 1. The molecule has 0 bridgehead atoms. The van der Waals surface area contributed by atoms with Gasteiger partial charge in [0.2, 0.25) is 5.88 Å². The van der Waals surface area contributed by atoms with Gasteiger partial charge in [0, 0.05) is 34.7 Å². The predicted molar refractivity (Wildman–Crippen MR) is 145 cm³/mol. The van der Waals surface area contributed by atoms with Crippen molar-refractivity contribution in [1.82, 2.24) is 14.9 Å². The first kappa shape index (κ1) is 27.6. The molecule has 1 fully saturated rings. The van der Waals surface area contributed by atoms with Gasteiger partial charge in [0.1, 0.15) is 17.7 Å². The first-order valence-electron chi connectivity index (χ1n) is 12.9. The summed E-state index contributed by atoms with van der Waals surface area (Å²) in [6, 6.07) is 4.30. The van der Waals surface area contributed by atoms with Gasteiger partial charge in [-0.1, -0.05) is 27.2 Å². The van der Waals surface area contributed by atoms with Gasteiger partial charge < -0.3 is 21.1 Å². The van der Waals surface area contributed by atoms with Crippen LogP contribution in [0.4, 0.5) is 5.00 Å². The van der Waals surface area contributed by atoms with Gasteiger partial charge in [-0.15, -0.1) is 11.3 Å². The largest absolute Gasteiger partial charge is 0.476 e. The van der Waals surface area contributed by atoms with Gasteiger partial charge in [-0.05, 0) is 57.7 Å². The minimum atomic E-state index is -0.413. The summed E-state index contributed by atoms with van der Waals surface area (Å²) >= 11 is 1.42. The fraction of sp³-hybridized carbons (Fsp3) is 0.556. The molecule has 1 saturated heterocycles. The Hall–Kier alpha value is -2.96. The minimum absolute atomic E-state index is 0.0582. The molecule has 0 unspecified atom stereocenters. The van der Waals surface area contributed by atoms with Crippen molar-refractivity contribution in [1.29, 1.82) is 5.26 Å². The molecule has 9 heteroatoms. The number of nitrogen functional groups attached to an aromatic ring is 1. The van der Waals surface area contributed by atoms with Gasteiger partial charge in [0.15, 0.2) is 11.6 Å². The molecule has 8 nitrogen and oxygen atoms in total. The predicted octanol–water partition coefficient (Wildman–Crippen LogP) is 4.65. The average Bonchev–Trinajstić information content (AvgIpc) is 3.47. The molecule has 3 heterocycles. The quantitative estimate of drug-likeness (QED) is 0.491. The maximum atomic E-state index is 13.8. The third-order valence-corrected chi connectivity index (χ3v) is 7.91. The van der Waals surface area contributed by atoms with Gasteiger partial charge in [-0.25, -0.2) is 4.98 Å². The van der Waals surface area contributed by atoms with Crippen molar-refractivity contribution in [3.05, 3.63) is 39.7 Å². The second kappa shape index (κ2) is 12.8. The molecule has 1 aliphatic carbocycles. The highest BCUT2D eigenvalue weighted by Crippen LogP contribution is 2.43. The molecule has 2 aliphatic rings. The molecule has 2 atom stereocenters. The first-order valence-corrected chi connectivity index (χ1v) is 13.8. The normalized spacial score (nSPS) is 20.0. The van der Waals surface area contributed by atoms with Crippen LogP contribution in [0.25, 0.3) is 5.70 Å². The smallest absolute Gasteiger partial charge is 0.216 e. The number of nitrogens with two attached hydrogens (primary N) is 2. The molecule has 0 saturated carbocycles. The van der Waals surface area contributed by atoms with Gasteiger partial charge >= 0.3 is 0 Å². The van der Waals surface area contributed by atoms with Crippen molar-refractivity contribution in [2.45, 2.75) is 77.7 Å². The number of ether oxygens (including phenoxy) is 1. The van der Waals surface area contributed by atoms with Crippen molar-refractivity contribution in [3.8, 4) is 11.9 Å². The number of anilines is 1. The number of likely N-dealkylation sites (tertiary alicyclic amines) is 1. The van der Waals surface area contributed by atoms with E-state index < -0.39 is 5.92 Å². The lowest BCUT2D eigenvalue weighted by molar-refractivity contribution is -0.117. The van der Waals surface area contributed by atoms with Crippen molar-refractivity contribution in [2.75, 3.05) is 25.9 Å². The van der Waals surface area contributed by atoms with Gasteiger partial charge in [-0.2, -0.15) is 10.2 Å². The number of thiophene rings is 1. The number of nitriles is 1. The van der Waals surface area contributed by atoms with Crippen LogP contribution in [0.3, 0.4) is 0 Å². The summed E-state index contributed by atoms with van der Waals surface area (Å²) in [6.07, 6.45) is 7.55. The highest BCUT2D eigenvalue weighted by molar-refractivity contribution is 7.16. The summed E-state index contributed by atoms with van der Waals surface area (Å²) in [5.41, 5.74) is 14.6. The Morgan fingerprint density at radius 3 is 2.78 bits per heavy atom. The van der Waals surface area contributed by atoms with Crippen LogP contribution in [0, 0.1) is 11.3 Å². The van der Waals surface area contributed by atoms with E-state index in [0.717, 1.165) is 42.7 Å². The number of aryl methyl sites for hydroxylation is 1. The Morgan fingerprint density at radius 2 is 2.11 bits per heavy atom. The molecule has 0 radical (unpaired) electrons. The van der Waals surface area contributed by atoms with Crippen molar-refractivity contribution >= 4 is 27.8 Å². The second-order valence-corrected chi connectivity index (χ2v) is 10.2. The third-order valence-electron chi connectivity index (χ3n) is 6.81. The molecule has 0 spiro atoms. The number of hydrogen-bond acceptors (Lipinski definition) is 9. The van der Waals surface area contributed by atoms with E-state index in [4.69, 9.17) is 16.2 Å². The van der Waals surface area contributed by atoms with Crippen LogP contribution >= 0.6 is 11.3 Å². The zero-order valence-corrected chi connectivity index (χ0v) is 22.7. The maximum Gasteiger partial charge on any atom is 0.216 e. The molecule has 1 aliphatic heterocycles. The van der Waals surface area contributed by atoms with E-state index in [1.165, 1.54) is 17.8 Å². The molecule has 2 aromatic rings. The molecule has 194 valence electrons. The molecule has 4 rings (SSSR count). The van der Waals surface area contributed by atoms with E-state index in [1.807, 2.05) is 20.8 Å². The molecule has 0 amide bonds. The monoisotopic (exact) mass is 510 g/mol. The number of fused-ring (bicyclic) bond motifs is 1. The minimum Gasteiger partial charge on any atom is -0.476 e. The average molecular weight is 511 g/mol. The first-order chi connectivity index (χ1) is 17.4. The van der Waals surface area contributed by atoms with Crippen molar-refractivity contribution in [2.24, 2.45) is 5.73 Å². The van der Waals surface area contributed by atoms with Gasteiger partial charge in [0.05, 0.1) is 11.3 Å². The molecule has 2 aromatic heterocycles. The lowest BCUT2D eigenvalue weighted by atomic mass is 9.79. The van der Waals surface area contributed by atoms with E-state index in [-0.39, 0.29) is 11.5 Å². The SMILES string of the molecule is CC.CCC/C(C(=O)[C@H]1CCCc2sc(N)c(C#N)c21)=C(/N)c1nccc(OC[C@@H]2CCCN2C)n1. The van der Waals surface area contributed by atoms with Crippen molar-refractivity contribution < 1.29 is 9.53 Å². The number of rotatable bonds is 8. The number of nitrogens with zero attached hydrogens (tertiary/aromatic N) is 4. The second-order valence-electron chi connectivity index (χ2n) is 9.05. The Morgan fingerprint density at radius 1 is 1.33 bits per heavy atom. The Bertz CT molecular complexity index is 1140. The zero-order valence-electron chi connectivity index (χ0n) is 21.8. The van der Waals surface area contributed by atoms with E-state index in [2.05, 4.69) is 28.0 Å². The third kappa shape index (κ3) is 5.88. The van der Waals surface area contributed by atoms with Crippen molar-refractivity contribution in [3.63, 3.8) is 0 Å². The van der Waals surface area contributed by atoms with Crippen LogP contribution < -0.4 is 16.2 Å². The van der Waals surface area contributed by atoms with Crippen LogP contribution in [-0.4, -0.2) is 46.9 Å². The molecular weight excluding hydrogens is 472 g/mol. The van der Waals surface area contributed by atoms with Gasteiger partial charge in [0.25, 0.3) is 0 Å². The maximum absolute atomic E-state index is 13.8. The van der Waals surface area contributed by atoms with Crippen LogP contribution in [0.5, 0.6) is 5.88 Å². The zero-order chi connectivity index (χ0) is 26.2. The Labute approximate surface area is 218 Å². The topological polar surface area (TPSA) is 131 Å². The molecule has 4 N–H and O–H groups in total. The van der Waals surface area contributed by atoms with Gasteiger partial charge in [-0.3, -0.25) is 4.79 Å². The standard InChI is InChI=1S/C25H32N6O2S.C2H6/c1-3-6-17(23(32)16-8-4-9-19-21(16)18(13-26)24(28)34-19)22(27)25-29-11-10-20(30-25)33-14-15-7-5-12-31(15)2;1-2/h10-11,15-16H,3-9,12,14,27-28H2,1-2H3;1-2H3/b22-17-;/t15-,16-;/m0./s1. The van der Waals surface area contributed by atoms with E-state index in [1.54, 1.807) is 12.3 Å². The number of aromatic nitrogens is 2. The molecule has 36 heavy (non-hydrogen) atoms. The number of likely N-dealkylation sites (N-methyl/N-ethyl adjacent to an activating group) is 1. The summed E-state index contributed by atoms with van der Waals surface area (Å²) in [5, 5.41) is 10.1. The number of hydrogen-bond donors (Lipinski definition) is 2. The summed E-state index contributed by atoms with van der Waals surface area (Å²) < 4.78 is 5.94.